The third kappa shape index (κ3) is 1.96. The molecule has 2 saturated heterocycles. The quantitative estimate of drug-likeness (QED) is 0.716. The van der Waals surface area contributed by atoms with Gasteiger partial charge in [0, 0.05) is 19.6 Å². The minimum Gasteiger partial charge on any atom is -0.481 e. The lowest BCUT2D eigenvalue weighted by Gasteiger charge is -2.38. The maximum absolute atomic E-state index is 14.6. The standard InChI is InChI=1S/C10H11F4NO4/c11-9-1-2-19-5-8(9,7(17)18)3-15(4-9)6(16)10(12,13)14/h1-5H2,(H,17,18)/t8-,9+/m1/s1. The SMILES string of the molecule is O=C(N1C[C@@]2(F)CCOC[C@@]2(C(=O)O)C1)C(F)(F)F. The van der Waals surface area contributed by atoms with Crippen LogP contribution in [0.25, 0.3) is 0 Å². The summed E-state index contributed by atoms with van der Waals surface area (Å²) in [7, 11) is 0. The maximum atomic E-state index is 14.6. The Morgan fingerprint density at radius 3 is 2.37 bits per heavy atom. The van der Waals surface area contributed by atoms with Crippen molar-refractivity contribution in [2.45, 2.75) is 18.3 Å². The van der Waals surface area contributed by atoms with Crippen LogP contribution >= 0.6 is 0 Å². The number of nitrogens with zero attached hydrogens (tertiary/aromatic N) is 1. The average molecular weight is 285 g/mol. The highest BCUT2D eigenvalue weighted by Crippen LogP contribution is 2.48. The number of amides is 1. The van der Waals surface area contributed by atoms with Gasteiger partial charge in [0.15, 0.2) is 5.67 Å². The molecule has 0 unspecified atom stereocenters. The minimum absolute atomic E-state index is 0.0838. The van der Waals surface area contributed by atoms with Crippen molar-refractivity contribution in [1.29, 1.82) is 0 Å². The minimum atomic E-state index is -5.15. The Hall–Kier alpha value is -1.38. The van der Waals surface area contributed by atoms with E-state index in [0.29, 0.717) is 0 Å². The van der Waals surface area contributed by atoms with E-state index in [1.807, 2.05) is 0 Å². The van der Waals surface area contributed by atoms with Crippen LogP contribution in [0.3, 0.4) is 0 Å². The molecule has 0 radical (unpaired) electrons. The van der Waals surface area contributed by atoms with E-state index in [-0.39, 0.29) is 17.9 Å². The van der Waals surface area contributed by atoms with Gasteiger partial charge in [0.25, 0.3) is 0 Å². The number of alkyl halides is 4. The second kappa shape index (κ2) is 4.06. The summed E-state index contributed by atoms with van der Waals surface area (Å²) in [5.41, 5.74) is -4.51. The summed E-state index contributed by atoms with van der Waals surface area (Å²) < 4.78 is 56.5. The Balaban J connectivity index is 2.33. The van der Waals surface area contributed by atoms with Gasteiger partial charge in [-0.15, -0.1) is 0 Å². The maximum Gasteiger partial charge on any atom is 0.471 e. The second-order valence-corrected chi connectivity index (χ2v) is 4.81. The normalized spacial score (nSPS) is 35.1. The van der Waals surface area contributed by atoms with Crippen molar-refractivity contribution in [2.75, 3.05) is 26.3 Å². The molecule has 0 aromatic heterocycles. The zero-order valence-electron chi connectivity index (χ0n) is 9.67. The zero-order chi connectivity index (χ0) is 14.5. The molecule has 2 fully saturated rings. The van der Waals surface area contributed by atoms with Crippen molar-refractivity contribution in [3.05, 3.63) is 0 Å². The Bertz CT molecular complexity index is 426. The number of aliphatic carboxylic acids is 1. The van der Waals surface area contributed by atoms with Gasteiger partial charge in [0.05, 0.1) is 13.2 Å². The predicted octanol–water partition coefficient (Wildman–Crippen LogP) is 0.590. The van der Waals surface area contributed by atoms with Gasteiger partial charge < -0.3 is 14.7 Å². The molecule has 9 heteroatoms. The molecular weight excluding hydrogens is 274 g/mol. The molecule has 2 heterocycles. The van der Waals surface area contributed by atoms with Crippen LogP contribution in [-0.2, 0) is 14.3 Å². The lowest BCUT2D eigenvalue weighted by atomic mass is 9.73. The van der Waals surface area contributed by atoms with Crippen LogP contribution in [0.5, 0.6) is 0 Å². The van der Waals surface area contributed by atoms with Gasteiger partial charge in [-0.25, -0.2) is 4.39 Å². The van der Waals surface area contributed by atoms with Crippen LogP contribution < -0.4 is 0 Å². The predicted molar refractivity (Wildman–Crippen MR) is 52.0 cm³/mol. The number of rotatable bonds is 1. The number of halogens is 4. The van der Waals surface area contributed by atoms with Gasteiger partial charge in [0.1, 0.15) is 5.41 Å². The summed E-state index contributed by atoms with van der Waals surface area (Å²) in [6.07, 6.45) is -5.49. The first-order valence-corrected chi connectivity index (χ1v) is 5.49. The van der Waals surface area contributed by atoms with Crippen LogP contribution in [-0.4, -0.2) is 60.0 Å². The molecule has 0 aromatic rings. The number of carboxylic acids is 1. The lowest BCUT2D eigenvalue weighted by molar-refractivity contribution is -0.185. The molecule has 2 atom stereocenters. The molecule has 0 bridgehead atoms. The largest absolute Gasteiger partial charge is 0.481 e. The Kier molecular flexibility index (Phi) is 3.00. The summed E-state index contributed by atoms with van der Waals surface area (Å²) in [6.45, 7) is -2.34. The highest BCUT2D eigenvalue weighted by molar-refractivity contribution is 5.85. The van der Waals surface area contributed by atoms with Gasteiger partial charge in [-0.05, 0) is 0 Å². The molecule has 1 N–H and O–H groups in total. The molecule has 0 aromatic carbocycles. The van der Waals surface area contributed by atoms with Crippen molar-refractivity contribution in [3.63, 3.8) is 0 Å². The third-order valence-electron chi connectivity index (χ3n) is 3.69. The van der Waals surface area contributed by atoms with E-state index in [0.717, 1.165) is 0 Å². The van der Waals surface area contributed by atoms with Gasteiger partial charge in [-0.1, -0.05) is 0 Å². The van der Waals surface area contributed by atoms with Crippen LogP contribution in [0.15, 0.2) is 0 Å². The fourth-order valence-corrected chi connectivity index (χ4v) is 2.59. The summed E-state index contributed by atoms with van der Waals surface area (Å²) in [5, 5.41) is 9.13. The topological polar surface area (TPSA) is 66.8 Å². The zero-order valence-corrected chi connectivity index (χ0v) is 9.67. The molecule has 0 spiro atoms. The molecule has 2 aliphatic rings. The van der Waals surface area contributed by atoms with Gasteiger partial charge in [-0.2, -0.15) is 13.2 Å². The van der Waals surface area contributed by atoms with Crippen molar-refractivity contribution in [1.82, 2.24) is 4.90 Å². The van der Waals surface area contributed by atoms with Gasteiger partial charge in [0.2, 0.25) is 0 Å². The third-order valence-corrected chi connectivity index (χ3v) is 3.69. The highest BCUT2D eigenvalue weighted by atomic mass is 19.4. The lowest BCUT2D eigenvalue weighted by Crippen LogP contribution is -2.56. The molecular formula is C10H11F4NO4. The molecule has 108 valence electrons. The number of carbonyl (C=O) groups excluding carboxylic acids is 1. The van der Waals surface area contributed by atoms with Crippen LogP contribution in [0.2, 0.25) is 0 Å². The molecule has 0 saturated carbocycles. The summed E-state index contributed by atoms with van der Waals surface area (Å²) in [6, 6.07) is 0. The van der Waals surface area contributed by atoms with E-state index in [9.17, 15) is 27.2 Å². The number of hydrogen-bond acceptors (Lipinski definition) is 3. The fraction of sp³-hybridized carbons (Fsp3) is 0.800. The van der Waals surface area contributed by atoms with Gasteiger partial charge >= 0.3 is 18.1 Å². The van der Waals surface area contributed by atoms with E-state index >= 15 is 0 Å². The summed E-state index contributed by atoms with van der Waals surface area (Å²) in [5.74, 6) is -3.81. The Morgan fingerprint density at radius 2 is 1.89 bits per heavy atom. The first-order chi connectivity index (χ1) is 8.62. The average Bonchev–Trinajstić information content (AvgIpc) is 2.60. The molecule has 0 aliphatic carbocycles. The number of hydrogen-bond donors (Lipinski definition) is 1. The second-order valence-electron chi connectivity index (χ2n) is 4.81. The molecule has 5 nitrogen and oxygen atoms in total. The number of carbonyl (C=O) groups is 2. The number of likely N-dealkylation sites (tertiary alicyclic amines) is 1. The van der Waals surface area contributed by atoms with Crippen LogP contribution in [0.1, 0.15) is 6.42 Å². The Labute approximate surface area is 105 Å². The van der Waals surface area contributed by atoms with Crippen LogP contribution in [0.4, 0.5) is 17.6 Å². The van der Waals surface area contributed by atoms with E-state index in [2.05, 4.69) is 0 Å². The monoisotopic (exact) mass is 285 g/mol. The van der Waals surface area contributed by atoms with Crippen molar-refractivity contribution >= 4 is 11.9 Å². The van der Waals surface area contributed by atoms with E-state index in [1.165, 1.54) is 0 Å². The van der Waals surface area contributed by atoms with E-state index < -0.39 is 48.8 Å². The highest BCUT2D eigenvalue weighted by Gasteiger charge is 2.67. The molecule has 2 aliphatic heterocycles. The number of ether oxygens (including phenoxy) is 1. The van der Waals surface area contributed by atoms with E-state index in [4.69, 9.17) is 9.84 Å². The molecule has 19 heavy (non-hydrogen) atoms. The number of carboxylic acid groups (broad SMARTS) is 1. The summed E-state index contributed by atoms with van der Waals surface area (Å²) >= 11 is 0. The smallest absolute Gasteiger partial charge is 0.471 e. The number of fused-ring (bicyclic) bond motifs is 1. The summed E-state index contributed by atoms with van der Waals surface area (Å²) in [4.78, 5) is 22.6. The molecule has 2 rings (SSSR count). The fourth-order valence-electron chi connectivity index (χ4n) is 2.59. The molecule has 1 amide bonds. The van der Waals surface area contributed by atoms with Crippen molar-refractivity contribution < 1.29 is 37.0 Å². The van der Waals surface area contributed by atoms with Crippen LogP contribution in [0, 0.1) is 5.41 Å². The van der Waals surface area contributed by atoms with Crippen molar-refractivity contribution in [2.24, 2.45) is 5.41 Å². The van der Waals surface area contributed by atoms with Gasteiger partial charge in [-0.3, -0.25) is 9.59 Å². The first kappa shape index (κ1) is 14.0. The Morgan fingerprint density at radius 1 is 1.26 bits per heavy atom. The first-order valence-electron chi connectivity index (χ1n) is 5.49. The van der Waals surface area contributed by atoms with E-state index in [1.54, 1.807) is 0 Å². The van der Waals surface area contributed by atoms with Crippen molar-refractivity contribution in [3.8, 4) is 0 Å².